The first-order valence-corrected chi connectivity index (χ1v) is 8.56. The Morgan fingerprint density at radius 3 is 2.48 bits per heavy atom. The zero-order chi connectivity index (χ0) is 18.8. The number of nitrogens with zero attached hydrogens (tertiary/aromatic N) is 2. The topological polar surface area (TPSA) is 64.3 Å². The van der Waals surface area contributed by atoms with Crippen LogP contribution in [0.1, 0.15) is 5.56 Å². The van der Waals surface area contributed by atoms with Gasteiger partial charge in [-0.2, -0.15) is 0 Å². The van der Waals surface area contributed by atoms with Crippen molar-refractivity contribution in [1.29, 1.82) is 0 Å². The lowest BCUT2D eigenvalue weighted by molar-refractivity contribution is 0.415. The van der Waals surface area contributed by atoms with E-state index in [9.17, 15) is 9.90 Å². The second-order valence-electron chi connectivity index (χ2n) is 6.25. The molecule has 0 unspecified atom stereocenters. The molecule has 134 valence electrons. The minimum atomic E-state index is -0.135. The Morgan fingerprint density at radius 2 is 1.78 bits per heavy atom. The third-order valence-corrected chi connectivity index (χ3v) is 4.59. The van der Waals surface area contributed by atoms with E-state index in [0.717, 1.165) is 16.9 Å². The van der Waals surface area contributed by atoms with Gasteiger partial charge in [-0.1, -0.05) is 42.5 Å². The fraction of sp³-hybridized carbons (Fsp3) is 0.0909. The molecule has 5 nitrogen and oxygen atoms in total. The monoisotopic (exact) mass is 358 g/mol. The third-order valence-electron chi connectivity index (χ3n) is 4.59. The molecule has 4 aromatic rings. The summed E-state index contributed by atoms with van der Waals surface area (Å²) in [6.45, 7) is 0.394. The van der Waals surface area contributed by atoms with Crippen LogP contribution >= 0.6 is 0 Å². The van der Waals surface area contributed by atoms with Crippen LogP contribution in [0.4, 0.5) is 0 Å². The first-order chi connectivity index (χ1) is 13.2. The summed E-state index contributed by atoms with van der Waals surface area (Å²) in [5.74, 6) is 0.764. The van der Waals surface area contributed by atoms with Gasteiger partial charge in [0.15, 0.2) is 0 Å². The minimum absolute atomic E-state index is 0.0454. The summed E-state index contributed by atoms with van der Waals surface area (Å²) in [5.41, 5.74) is 2.74. The summed E-state index contributed by atoms with van der Waals surface area (Å²) in [6.07, 6.45) is 2.99. The quantitative estimate of drug-likeness (QED) is 0.602. The van der Waals surface area contributed by atoms with E-state index in [2.05, 4.69) is 4.98 Å². The first kappa shape index (κ1) is 16.8. The Morgan fingerprint density at radius 1 is 1.04 bits per heavy atom. The van der Waals surface area contributed by atoms with Crippen LogP contribution in [0.2, 0.25) is 0 Å². The van der Waals surface area contributed by atoms with E-state index in [1.54, 1.807) is 23.9 Å². The maximum atomic E-state index is 13.3. The maximum absolute atomic E-state index is 13.3. The van der Waals surface area contributed by atoms with Gasteiger partial charge in [-0.25, -0.2) is 0 Å². The number of fused-ring (bicyclic) bond motifs is 1. The fourth-order valence-electron chi connectivity index (χ4n) is 3.17. The highest BCUT2D eigenvalue weighted by atomic mass is 16.5. The maximum Gasteiger partial charge on any atom is 0.259 e. The van der Waals surface area contributed by atoms with E-state index in [-0.39, 0.29) is 11.3 Å². The lowest BCUT2D eigenvalue weighted by Crippen LogP contribution is -2.23. The van der Waals surface area contributed by atoms with Crippen LogP contribution in [0.25, 0.3) is 22.0 Å². The molecule has 0 aliphatic heterocycles. The van der Waals surface area contributed by atoms with Gasteiger partial charge in [-0.3, -0.25) is 9.78 Å². The Labute approximate surface area is 156 Å². The van der Waals surface area contributed by atoms with Crippen LogP contribution in [-0.4, -0.2) is 21.8 Å². The van der Waals surface area contributed by atoms with Crippen LogP contribution in [0, 0.1) is 0 Å². The molecule has 0 bridgehead atoms. The van der Waals surface area contributed by atoms with Crippen molar-refractivity contribution in [2.45, 2.75) is 6.54 Å². The molecule has 0 atom stereocenters. The van der Waals surface area contributed by atoms with Crippen molar-refractivity contribution in [3.8, 4) is 22.6 Å². The van der Waals surface area contributed by atoms with Crippen molar-refractivity contribution in [3.05, 3.63) is 89.0 Å². The lowest BCUT2D eigenvalue weighted by Gasteiger charge is -2.14. The third kappa shape index (κ3) is 3.15. The molecule has 1 N–H and O–H groups in total. The summed E-state index contributed by atoms with van der Waals surface area (Å²) in [7, 11) is 1.60. The second kappa shape index (κ2) is 6.96. The molecule has 4 rings (SSSR count). The standard InChI is InChI=1S/C22H18N2O3/c1-27-17-9-7-16(8-10-17)18-11-19-20(12-23-13-21(19)25)24(22(18)26)14-15-5-3-2-4-6-15/h2-13,25H,14H2,1H3. The van der Waals surface area contributed by atoms with Gasteiger partial charge < -0.3 is 14.4 Å². The SMILES string of the molecule is COc1ccc(-c2cc3c(O)cncc3n(Cc3ccccc3)c2=O)cc1. The first-order valence-electron chi connectivity index (χ1n) is 8.56. The number of hydrogen-bond acceptors (Lipinski definition) is 4. The Kier molecular flexibility index (Phi) is 4.34. The van der Waals surface area contributed by atoms with E-state index in [0.29, 0.717) is 23.0 Å². The van der Waals surface area contributed by atoms with Crippen molar-refractivity contribution in [3.63, 3.8) is 0 Å². The van der Waals surface area contributed by atoms with Crippen LogP contribution in [0.3, 0.4) is 0 Å². The molecule has 2 heterocycles. The number of aromatic nitrogens is 2. The number of rotatable bonds is 4. The van der Waals surface area contributed by atoms with Crippen LogP contribution in [0.15, 0.2) is 77.9 Å². The molecule has 2 aromatic heterocycles. The molecule has 27 heavy (non-hydrogen) atoms. The fourth-order valence-corrected chi connectivity index (χ4v) is 3.17. The average molecular weight is 358 g/mol. The van der Waals surface area contributed by atoms with Crippen LogP contribution < -0.4 is 10.3 Å². The summed E-state index contributed by atoms with van der Waals surface area (Å²) in [6, 6.07) is 18.8. The molecular weight excluding hydrogens is 340 g/mol. The van der Waals surface area contributed by atoms with Crippen molar-refractivity contribution in [2.24, 2.45) is 0 Å². The molecular formula is C22H18N2O3. The van der Waals surface area contributed by atoms with Gasteiger partial charge in [0, 0.05) is 10.9 Å². The number of ether oxygens (including phenoxy) is 1. The van der Waals surface area contributed by atoms with Gasteiger partial charge in [-0.05, 0) is 29.3 Å². The summed E-state index contributed by atoms with van der Waals surface area (Å²) >= 11 is 0. The van der Waals surface area contributed by atoms with E-state index < -0.39 is 0 Å². The normalized spacial score (nSPS) is 10.9. The van der Waals surface area contributed by atoms with Gasteiger partial charge >= 0.3 is 0 Å². The van der Waals surface area contributed by atoms with Crippen LogP contribution in [-0.2, 0) is 6.54 Å². The van der Waals surface area contributed by atoms with E-state index >= 15 is 0 Å². The zero-order valence-electron chi connectivity index (χ0n) is 14.8. The largest absolute Gasteiger partial charge is 0.506 e. The van der Waals surface area contributed by atoms with Gasteiger partial charge in [-0.15, -0.1) is 0 Å². The molecule has 0 saturated carbocycles. The molecule has 0 aliphatic rings. The molecule has 0 fully saturated rings. The zero-order valence-corrected chi connectivity index (χ0v) is 14.8. The predicted molar refractivity (Wildman–Crippen MR) is 105 cm³/mol. The highest BCUT2D eigenvalue weighted by Gasteiger charge is 2.14. The van der Waals surface area contributed by atoms with Crippen LogP contribution in [0.5, 0.6) is 11.5 Å². The molecule has 0 amide bonds. The second-order valence-corrected chi connectivity index (χ2v) is 6.25. The molecule has 0 spiro atoms. The average Bonchev–Trinajstić information content (AvgIpc) is 2.71. The number of pyridine rings is 2. The van der Waals surface area contributed by atoms with Gasteiger partial charge in [0.25, 0.3) is 5.56 Å². The highest BCUT2D eigenvalue weighted by Crippen LogP contribution is 2.28. The van der Waals surface area contributed by atoms with E-state index in [1.807, 2.05) is 54.6 Å². The smallest absolute Gasteiger partial charge is 0.259 e. The summed E-state index contributed by atoms with van der Waals surface area (Å²) in [5, 5.41) is 10.9. The minimum Gasteiger partial charge on any atom is -0.506 e. The van der Waals surface area contributed by atoms with E-state index in [1.165, 1.54) is 6.20 Å². The van der Waals surface area contributed by atoms with Gasteiger partial charge in [0.2, 0.25) is 0 Å². The Hall–Kier alpha value is -3.60. The summed E-state index contributed by atoms with van der Waals surface area (Å²) < 4.78 is 6.85. The molecule has 0 saturated heterocycles. The van der Waals surface area contributed by atoms with Gasteiger partial charge in [0.1, 0.15) is 11.5 Å². The molecule has 5 heteroatoms. The van der Waals surface area contributed by atoms with Gasteiger partial charge in [0.05, 0.1) is 31.6 Å². The van der Waals surface area contributed by atoms with Crippen molar-refractivity contribution < 1.29 is 9.84 Å². The van der Waals surface area contributed by atoms with Crippen molar-refractivity contribution in [1.82, 2.24) is 9.55 Å². The number of hydrogen-bond donors (Lipinski definition) is 1. The Balaban J connectivity index is 1.96. The lowest BCUT2D eigenvalue weighted by atomic mass is 10.0. The predicted octanol–water partition coefficient (Wildman–Crippen LogP) is 3.83. The highest BCUT2D eigenvalue weighted by molar-refractivity contribution is 5.88. The number of benzene rings is 2. The summed E-state index contributed by atoms with van der Waals surface area (Å²) in [4.78, 5) is 17.3. The number of aromatic hydroxyl groups is 1. The molecule has 0 aliphatic carbocycles. The molecule has 2 aromatic carbocycles. The Bertz CT molecular complexity index is 1150. The van der Waals surface area contributed by atoms with E-state index in [4.69, 9.17) is 4.74 Å². The van der Waals surface area contributed by atoms with Crippen molar-refractivity contribution in [2.75, 3.05) is 7.11 Å². The number of methoxy groups -OCH3 is 1. The van der Waals surface area contributed by atoms with Crippen molar-refractivity contribution >= 4 is 10.9 Å². The molecule has 0 radical (unpaired) electrons.